The molecule has 16 heavy (non-hydrogen) atoms. The van der Waals surface area contributed by atoms with Crippen molar-refractivity contribution in [3.63, 3.8) is 0 Å². The molecule has 0 saturated heterocycles. The lowest BCUT2D eigenvalue weighted by molar-refractivity contribution is 0.103. The van der Waals surface area contributed by atoms with Crippen molar-refractivity contribution in [1.82, 2.24) is 0 Å². The largest absolute Gasteiger partial charge is 0.508 e. The molecule has 0 heterocycles. The van der Waals surface area contributed by atoms with E-state index in [0.717, 1.165) is 5.56 Å². The Labute approximate surface area is 94.2 Å². The van der Waals surface area contributed by atoms with Gasteiger partial charge >= 0.3 is 0 Å². The van der Waals surface area contributed by atoms with Crippen LogP contribution in [0.4, 0.5) is 0 Å². The molecule has 0 unspecified atom stereocenters. The summed E-state index contributed by atoms with van der Waals surface area (Å²) >= 11 is 0. The zero-order chi connectivity index (χ0) is 11.5. The summed E-state index contributed by atoms with van der Waals surface area (Å²) in [5.74, 6) is 0.0545. The number of phenolic OH excluding ortho intramolecular Hbond substituents is 1. The van der Waals surface area contributed by atoms with Gasteiger partial charge in [-0.25, -0.2) is 0 Å². The number of hydrogen-bond acceptors (Lipinski definition) is 2. The van der Waals surface area contributed by atoms with E-state index in [2.05, 4.69) is 0 Å². The topological polar surface area (TPSA) is 37.3 Å². The second-order valence-electron chi connectivity index (χ2n) is 3.69. The van der Waals surface area contributed by atoms with Gasteiger partial charge in [-0.05, 0) is 24.6 Å². The average molecular weight is 212 g/mol. The van der Waals surface area contributed by atoms with Crippen LogP contribution in [0.5, 0.6) is 5.75 Å². The van der Waals surface area contributed by atoms with E-state index in [-0.39, 0.29) is 11.5 Å². The molecule has 0 aromatic heterocycles. The molecule has 0 atom stereocenters. The van der Waals surface area contributed by atoms with Gasteiger partial charge in [0.1, 0.15) is 5.75 Å². The van der Waals surface area contributed by atoms with Crippen molar-refractivity contribution < 1.29 is 9.90 Å². The molecule has 0 bridgehead atoms. The number of aromatic hydroxyl groups is 1. The first-order chi connectivity index (χ1) is 7.68. The molecule has 0 spiro atoms. The summed E-state index contributed by atoms with van der Waals surface area (Å²) in [7, 11) is 0. The molecule has 0 fully saturated rings. The van der Waals surface area contributed by atoms with Gasteiger partial charge in [-0.3, -0.25) is 4.79 Å². The zero-order valence-corrected chi connectivity index (χ0v) is 8.97. The molecule has 2 heteroatoms. The van der Waals surface area contributed by atoms with Crippen molar-refractivity contribution in [2.24, 2.45) is 0 Å². The summed E-state index contributed by atoms with van der Waals surface area (Å²) in [5, 5.41) is 9.38. The maximum atomic E-state index is 12.1. The van der Waals surface area contributed by atoms with Gasteiger partial charge in [-0.15, -0.1) is 0 Å². The van der Waals surface area contributed by atoms with Gasteiger partial charge in [-0.2, -0.15) is 0 Å². The smallest absolute Gasteiger partial charge is 0.193 e. The number of phenols is 1. The van der Waals surface area contributed by atoms with E-state index >= 15 is 0 Å². The molecule has 0 aliphatic rings. The van der Waals surface area contributed by atoms with Crippen LogP contribution in [0.2, 0.25) is 0 Å². The molecule has 0 aliphatic carbocycles. The van der Waals surface area contributed by atoms with E-state index in [4.69, 9.17) is 0 Å². The van der Waals surface area contributed by atoms with E-state index in [1.807, 2.05) is 25.1 Å². The van der Waals surface area contributed by atoms with E-state index in [1.54, 1.807) is 24.3 Å². The lowest BCUT2D eigenvalue weighted by Crippen LogP contribution is -2.03. The summed E-state index contributed by atoms with van der Waals surface area (Å²) in [6, 6.07) is 13.9. The number of carbonyl (C=O) groups excluding carboxylic acids is 1. The van der Waals surface area contributed by atoms with Gasteiger partial charge in [0.05, 0.1) is 0 Å². The fraction of sp³-hybridized carbons (Fsp3) is 0.0714. The van der Waals surface area contributed by atoms with Crippen molar-refractivity contribution in [2.45, 2.75) is 6.92 Å². The van der Waals surface area contributed by atoms with Crippen LogP contribution in [0, 0.1) is 6.92 Å². The summed E-state index contributed by atoms with van der Waals surface area (Å²) in [5.41, 5.74) is 2.05. The number of benzene rings is 2. The minimum atomic E-state index is -0.0611. The molecule has 0 aliphatic heterocycles. The molecular weight excluding hydrogens is 200 g/mol. The van der Waals surface area contributed by atoms with E-state index in [1.165, 1.54) is 6.07 Å². The Hall–Kier alpha value is -2.09. The van der Waals surface area contributed by atoms with Crippen molar-refractivity contribution in [3.05, 3.63) is 65.2 Å². The lowest BCUT2D eigenvalue weighted by atomic mass is 9.99. The summed E-state index contributed by atoms with van der Waals surface area (Å²) in [6.45, 7) is 1.86. The molecule has 1 N–H and O–H groups in total. The number of ketones is 1. The van der Waals surface area contributed by atoms with Crippen LogP contribution in [0.15, 0.2) is 48.5 Å². The first-order valence-corrected chi connectivity index (χ1v) is 5.08. The highest BCUT2D eigenvalue weighted by molar-refractivity contribution is 6.10. The third-order valence-corrected chi connectivity index (χ3v) is 2.50. The highest BCUT2D eigenvalue weighted by Gasteiger charge is 2.11. The fourth-order valence-electron chi connectivity index (χ4n) is 1.60. The van der Waals surface area contributed by atoms with Gasteiger partial charge in [-0.1, -0.05) is 36.4 Å². The van der Waals surface area contributed by atoms with Crippen LogP contribution >= 0.6 is 0 Å². The molecule has 2 aromatic carbocycles. The summed E-state index contributed by atoms with van der Waals surface area (Å²) < 4.78 is 0. The Balaban J connectivity index is 2.46. The third kappa shape index (κ3) is 1.96. The Kier molecular flexibility index (Phi) is 2.73. The third-order valence-electron chi connectivity index (χ3n) is 2.50. The summed E-state index contributed by atoms with van der Waals surface area (Å²) in [6.07, 6.45) is 0. The first kappa shape index (κ1) is 10.4. The molecule has 0 amide bonds. The highest BCUT2D eigenvalue weighted by atomic mass is 16.3. The number of carbonyl (C=O) groups is 1. The summed E-state index contributed by atoms with van der Waals surface area (Å²) in [4.78, 5) is 12.1. The van der Waals surface area contributed by atoms with Crippen molar-refractivity contribution >= 4 is 5.78 Å². The zero-order valence-electron chi connectivity index (χ0n) is 8.97. The molecular formula is C14H12O2. The maximum Gasteiger partial charge on any atom is 0.193 e. The average Bonchev–Trinajstić information content (AvgIpc) is 2.32. The van der Waals surface area contributed by atoms with Gasteiger partial charge in [0.2, 0.25) is 0 Å². The Bertz CT molecular complexity index is 516. The second-order valence-corrected chi connectivity index (χ2v) is 3.69. The SMILES string of the molecule is Cc1ccc(O)cc1C(=O)c1ccccc1. The molecule has 2 aromatic rings. The van der Waals surface area contributed by atoms with Crippen LogP contribution in [-0.2, 0) is 0 Å². The van der Waals surface area contributed by atoms with Gasteiger partial charge in [0.15, 0.2) is 5.78 Å². The minimum Gasteiger partial charge on any atom is -0.508 e. The van der Waals surface area contributed by atoms with Crippen molar-refractivity contribution in [1.29, 1.82) is 0 Å². The molecule has 0 radical (unpaired) electrons. The predicted molar refractivity (Wildman–Crippen MR) is 62.7 cm³/mol. The van der Waals surface area contributed by atoms with Gasteiger partial charge < -0.3 is 5.11 Å². The van der Waals surface area contributed by atoms with Crippen LogP contribution in [-0.4, -0.2) is 10.9 Å². The standard InChI is InChI=1S/C14H12O2/c1-10-7-8-12(15)9-13(10)14(16)11-5-3-2-4-6-11/h2-9,15H,1H3. The first-order valence-electron chi connectivity index (χ1n) is 5.08. The molecule has 80 valence electrons. The Morgan fingerprint density at radius 1 is 1.06 bits per heavy atom. The molecule has 2 rings (SSSR count). The van der Waals surface area contributed by atoms with E-state index in [0.29, 0.717) is 11.1 Å². The monoisotopic (exact) mass is 212 g/mol. The van der Waals surface area contributed by atoms with Crippen LogP contribution in [0.25, 0.3) is 0 Å². The molecule has 2 nitrogen and oxygen atoms in total. The number of hydrogen-bond donors (Lipinski definition) is 1. The Morgan fingerprint density at radius 3 is 2.44 bits per heavy atom. The quantitative estimate of drug-likeness (QED) is 0.777. The second kappa shape index (κ2) is 4.19. The molecule has 0 saturated carbocycles. The maximum absolute atomic E-state index is 12.1. The van der Waals surface area contributed by atoms with Crippen molar-refractivity contribution in [2.75, 3.05) is 0 Å². The fourth-order valence-corrected chi connectivity index (χ4v) is 1.60. The predicted octanol–water partition coefficient (Wildman–Crippen LogP) is 2.93. The van der Waals surface area contributed by atoms with E-state index < -0.39 is 0 Å². The van der Waals surface area contributed by atoms with Crippen molar-refractivity contribution in [3.8, 4) is 5.75 Å². The van der Waals surface area contributed by atoms with Crippen LogP contribution in [0.1, 0.15) is 21.5 Å². The lowest BCUT2D eigenvalue weighted by Gasteiger charge is -2.05. The van der Waals surface area contributed by atoms with Crippen LogP contribution < -0.4 is 0 Å². The number of rotatable bonds is 2. The normalized spacial score (nSPS) is 10.1. The highest BCUT2D eigenvalue weighted by Crippen LogP contribution is 2.19. The number of aryl methyl sites for hydroxylation is 1. The minimum absolute atomic E-state index is 0.0611. The Morgan fingerprint density at radius 2 is 1.75 bits per heavy atom. The van der Waals surface area contributed by atoms with E-state index in [9.17, 15) is 9.90 Å². The van der Waals surface area contributed by atoms with Crippen LogP contribution in [0.3, 0.4) is 0 Å². The van der Waals surface area contributed by atoms with Gasteiger partial charge in [0.25, 0.3) is 0 Å². The van der Waals surface area contributed by atoms with Gasteiger partial charge in [0, 0.05) is 11.1 Å².